The number of likely N-dealkylation sites (N-methyl/N-ethyl adjacent to an activating group) is 1. The summed E-state index contributed by atoms with van der Waals surface area (Å²) in [4.78, 5) is 25.8. The Kier molecular flexibility index (Phi) is 7.80. The van der Waals surface area contributed by atoms with Crippen LogP contribution in [0.5, 0.6) is 11.5 Å². The lowest BCUT2D eigenvalue weighted by atomic mass is 10.0. The van der Waals surface area contributed by atoms with Crippen molar-refractivity contribution in [3.8, 4) is 34.0 Å². The summed E-state index contributed by atoms with van der Waals surface area (Å²) in [6.07, 6.45) is 3.06. The second-order valence-corrected chi connectivity index (χ2v) is 8.33. The molecule has 0 aliphatic carbocycles. The van der Waals surface area contributed by atoms with Gasteiger partial charge in [-0.15, -0.1) is 0 Å². The molecule has 0 N–H and O–H groups in total. The molecule has 1 saturated heterocycles. The number of piperazine rings is 1. The number of benzene rings is 2. The van der Waals surface area contributed by atoms with Crippen LogP contribution in [-0.2, 0) is 7.05 Å². The number of nitrogens with zero attached hydrogens (tertiary/aromatic N) is 6. The van der Waals surface area contributed by atoms with Crippen molar-refractivity contribution in [2.75, 3.05) is 40.3 Å². The highest BCUT2D eigenvalue weighted by atomic mass is 16.6. The SMILES string of the molecule is CC.COc1cc2ncnc(-c3cn(C)nc3-c3ccccc3)c2cc1OC(=O)N1CCN(C)CC1. The third kappa shape index (κ3) is 5.16. The van der Waals surface area contributed by atoms with E-state index in [0.717, 1.165) is 35.3 Å². The highest BCUT2D eigenvalue weighted by molar-refractivity contribution is 5.97. The zero-order chi connectivity index (χ0) is 25.7. The molecule has 1 aliphatic heterocycles. The first-order chi connectivity index (χ1) is 17.5. The zero-order valence-corrected chi connectivity index (χ0v) is 21.4. The van der Waals surface area contributed by atoms with Crippen LogP contribution in [0.4, 0.5) is 4.79 Å². The number of methoxy groups -OCH3 is 1. The van der Waals surface area contributed by atoms with Crippen LogP contribution in [0.3, 0.4) is 0 Å². The molecule has 0 unspecified atom stereocenters. The summed E-state index contributed by atoms with van der Waals surface area (Å²) in [5.74, 6) is 0.772. The molecule has 1 amide bonds. The van der Waals surface area contributed by atoms with Crippen LogP contribution in [0.15, 0.2) is 55.0 Å². The van der Waals surface area contributed by atoms with Gasteiger partial charge in [-0.3, -0.25) is 4.68 Å². The van der Waals surface area contributed by atoms with Crippen LogP contribution in [-0.4, -0.2) is 76.0 Å². The lowest BCUT2D eigenvalue weighted by Crippen LogP contribution is -2.48. The highest BCUT2D eigenvalue weighted by Crippen LogP contribution is 2.38. The molecule has 9 heteroatoms. The Morgan fingerprint density at radius 1 is 0.917 bits per heavy atom. The van der Waals surface area contributed by atoms with Crippen molar-refractivity contribution in [1.82, 2.24) is 29.5 Å². The summed E-state index contributed by atoms with van der Waals surface area (Å²) in [5.41, 5.74) is 4.05. The van der Waals surface area contributed by atoms with E-state index in [1.807, 2.05) is 64.5 Å². The summed E-state index contributed by atoms with van der Waals surface area (Å²) < 4.78 is 13.1. The van der Waals surface area contributed by atoms with E-state index in [9.17, 15) is 4.79 Å². The van der Waals surface area contributed by atoms with Gasteiger partial charge in [0.1, 0.15) is 12.0 Å². The van der Waals surface area contributed by atoms with E-state index >= 15 is 0 Å². The third-order valence-corrected chi connectivity index (χ3v) is 6.01. The summed E-state index contributed by atoms with van der Waals surface area (Å²) in [5, 5.41) is 5.42. The van der Waals surface area contributed by atoms with Crippen molar-refractivity contribution in [1.29, 1.82) is 0 Å². The van der Waals surface area contributed by atoms with Crippen molar-refractivity contribution >= 4 is 17.0 Å². The number of ether oxygens (including phenoxy) is 2. The fraction of sp³-hybridized carbons (Fsp3) is 0.333. The number of carbonyl (C=O) groups excluding carboxylic acids is 1. The molecule has 0 atom stereocenters. The molecular weight excluding hydrogens is 456 g/mol. The van der Waals surface area contributed by atoms with Crippen molar-refractivity contribution in [2.24, 2.45) is 7.05 Å². The van der Waals surface area contributed by atoms with Crippen LogP contribution in [0.1, 0.15) is 13.8 Å². The Labute approximate surface area is 211 Å². The number of fused-ring (bicyclic) bond motifs is 1. The maximum Gasteiger partial charge on any atom is 0.415 e. The number of aryl methyl sites for hydroxylation is 1. The molecule has 0 radical (unpaired) electrons. The van der Waals surface area contributed by atoms with Gasteiger partial charge >= 0.3 is 6.09 Å². The molecule has 0 spiro atoms. The predicted molar refractivity (Wildman–Crippen MR) is 140 cm³/mol. The first-order valence-electron chi connectivity index (χ1n) is 12.1. The second-order valence-electron chi connectivity index (χ2n) is 8.33. The predicted octanol–water partition coefficient (Wildman–Crippen LogP) is 4.48. The molecule has 36 heavy (non-hydrogen) atoms. The molecular formula is C27H32N6O3. The monoisotopic (exact) mass is 488 g/mol. The van der Waals surface area contributed by atoms with Crippen LogP contribution < -0.4 is 9.47 Å². The molecule has 9 nitrogen and oxygen atoms in total. The highest BCUT2D eigenvalue weighted by Gasteiger charge is 2.23. The van der Waals surface area contributed by atoms with Gasteiger partial charge in [-0.1, -0.05) is 44.2 Å². The number of rotatable bonds is 4. The van der Waals surface area contributed by atoms with Crippen LogP contribution >= 0.6 is 0 Å². The van der Waals surface area contributed by atoms with E-state index < -0.39 is 6.09 Å². The van der Waals surface area contributed by atoms with E-state index in [4.69, 9.17) is 9.47 Å². The summed E-state index contributed by atoms with van der Waals surface area (Å²) in [7, 11) is 5.47. The van der Waals surface area contributed by atoms with Gasteiger partial charge in [0.15, 0.2) is 11.5 Å². The van der Waals surface area contributed by atoms with Gasteiger partial charge in [0.05, 0.1) is 18.3 Å². The fourth-order valence-corrected chi connectivity index (χ4v) is 4.14. The second kappa shape index (κ2) is 11.2. The molecule has 2 aromatic carbocycles. The molecule has 2 aromatic heterocycles. The quantitative estimate of drug-likeness (QED) is 0.419. The Morgan fingerprint density at radius 3 is 2.33 bits per heavy atom. The number of aromatic nitrogens is 4. The van der Waals surface area contributed by atoms with Gasteiger partial charge in [0.2, 0.25) is 0 Å². The van der Waals surface area contributed by atoms with E-state index in [2.05, 4.69) is 20.0 Å². The maximum atomic E-state index is 12.9. The normalized spacial score (nSPS) is 13.8. The molecule has 3 heterocycles. The van der Waals surface area contributed by atoms with Crippen molar-refractivity contribution in [3.05, 3.63) is 55.0 Å². The molecule has 1 aliphatic rings. The summed E-state index contributed by atoms with van der Waals surface area (Å²) in [6, 6.07) is 13.5. The van der Waals surface area contributed by atoms with E-state index in [1.165, 1.54) is 6.33 Å². The molecule has 5 rings (SSSR count). The van der Waals surface area contributed by atoms with Gasteiger partial charge in [-0.25, -0.2) is 14.8 Å². The van der Waals surface area contributed by atoms with Crippen molar-refractivity contribution in [2.45, 2.75) is 13.8 Å². The smallest absolute Gasteiger partial charge is 0.415 e. The molecule has 0 bridgehead atoms. The van der Waals surface area contributed by atoms with Crippen LogP contribution in [0.2, 0.25) is 0 Å². The molecule has 188 valence electrons. The molecule has 0 saturated carbocycles. The fourth-order valence-electron chi connectivity index (χ4n) is 4.14. The van der Waals surface area contributed by atoms with Crippen LogP contribution in [0.25, 0.3) is 33.4 Å². The Morgan fingerprint density at radius 2 is 1.64 bits per heavy atom. The van der Waals surface area contributed by atoms with Gasteiger partial charge < -0.3 is 19.3 Å². The Balaban J connectivity index is 0.00000148. The standard InChI is InChI=1S/C25H26N6O3.C2H6/c1-29-9-11-31(12-10-29)25(32)34-22-13-18-20(14-21(22)33-3)26-16-27-24(18)19-15-30(2)28-23(19)17-7-5-4-6-8-17;1-2/h4-8,13-16H,9-12H2,1-3H3;1-2H3. The van der Waals surface area contributed by atoms with Crippen molar-refractivity contribution < 1.29 is 14.3 Å². The third-order valence-electron chi connectivity index (χ3n) is 6.01. The van der Waals surface area contributed by atoms with Gasteiger partial charge in [0, 0.05) is 62.0 Å². The van der Waals surface area contributed by atoms with Crippen molar-refractivity contribution in [3.63, 3.8) is 0 Å². The van der Waals surface area contributed by atoms with E-state index in [1.54, 1.807) is 28.8 Å². The first-order valence-corrected chi connectivity index (χ1v) is 12.1. The van der Waals surface area contributed by atoms with Gasteiger partial charge in [-0.05, 0) is 13.1 Å². The average molecular weight is 489 g/mol. The van der Waals surface area contributed by atoms with E-state index in [0.29, 0.717) is 35.8 Å². The maximum absolute atomic E-state index is 12.9. The molecule has 4 aromatic rings. The Bertz CT molecular complexity index is 1330. The van der Waals surface area contributed by atoms with Gasteiger partial charge in [-0.2, -0.15) is 5.10 Å². The zero-order valence-electron chi connectivity index (χ0n) is 21.4. The Hall–Kier alpha value is -3.98. The number of amides is 1. The minimum absolute atomic E-state index is 0.333. The summed E-state index contributed by atoms with van der Waals surface area (Å²) >= 11 is 0. The first kappa shape index (κ1) is 25.1. The molecule has 1 fully saturated rings. The number of hydrogen-bond donors (Lipinski definition) is 0. The minimum atomic E-state index is -0.393. The van der Waals surface area contributed by atoms with Crippen LogP contribution in [0, 0.1) is 0 Å². The minimum Gasteiger partial charge on any atom is -0.493 e. The van der Waals surface area contributed by atoms with E-state index in [-0.39, 0.29) is 0 Å². The number of carbonyl (C=O) groups is 1. The largest absolute Gasteiger partial charge is 0.493 e. The van der Waals surface area contributed by atoms with Gasteiger partial charge in [0.25, 0.3) is 0 Å². The lowest BCUT2D eigenvalue weighted by molar-refractivity contribution is 0.119. The summed E-state index contributed by atoms with van der Waals surface area (Å²) in [6.45, 7) is 6.86. The number of hydrogen-bond acceptors (Lipinski definition) is 7. The lowest BCUT2D eigenvalue weighted by Gasteiger charge is -2.31. The average Bonchev–Trinajstić information content (AvgIpc) is 3.31. The topological polar surface area (TPSA) is 85.6 Å².